The first-order valence-corrected chi connectivity index (χ1v) is 6.25. The number of carbonyl (C=O) groups is 1. The van der Waals surface area contributed by atoms with E-state index >= 15 is 0 Å². The first-order chi connectivity index (χ1) is 8.18. The first-order valence-electron chi connectivity index (χ1n) is 6.25. The molecule has 1 fully saturated rings. The van der Waals surface area contributed by atoms with Crippen molar-refractivity contribution in [1.82, 2.24) is 10.6 Å². The normalized spacial score (nSPS) is 24.4. The van der Waals surface area contributed by atoms with Crippen molar-refractivity contribution < 1.29 is 4.79 Å². The molecule has 17 heavy (non-hydrogen) atoms. The highest BCUT2D eigenvalue weighted by molar-refractivity contribution is 5.95. The Morgan fingerprint density at radius 1 is 1.41 bits per heavy atom. The maximum absolute atomic E-state index is 12.1. The number of aryl methyl sites for hydroxylation is 1. The molecular weight excluding hydrogens is 212 g/mol. The summed E-state index contributed by atoms with van der Waals surface area (Å²) in [5.41, 5.74) is 1.81. The Balaban J connectivity index is 2.04. The Morgan fingerprint density at radius 2 is 2.18 bits per heavy atom. The van der Waals surface area contributed by atoms with Gasteiger partial charge in [-0.05, 0) is 37.4 Å². The molecule has 1 aliphatic heterocycles. The fourth-order valence-corrected chi connectivity index (χ4v) is 2.26. The third-order valence-electron chi connectivity index (χ3n) is 3.53. The van der Waals surface area contributed by atoms with E-state index in [1.165, 1.54) is 0 Å². The van der Waals surface area contributed by atoms with E-state index in [-0.39, 0.29) is 11.9 Å². The fourth-order valence-electron chi connectivity index (χ4n) is 2.26. The molecule has 3 heteroatoms. The largest absolute Gasteiger partial charge is 0.348 e. The monoisotopic (exact) mass is 232 g/mol. The van der Waals surface area contributed by atoms with Crippen LogP contribution in [0.4, 0.5) is 0 Å². The van der Waals surface area contributed by atoms with Gasteiger partial charge in [0.1, 0.15) is 0 Å². The molecule has 0 aromatic heterocycles. The van der Waals surface area contributed by atoms with Gasteiger partial charge in [-0.2, -0.15) is 0 Å². The number of hydrogen-bond acceptors (Lipinski definition) is 2. The van der Waals surface area contributed by atoms with Crippen LogP contribution in [0.1, 0.15) is 29.3 Å². The molecule has 0 bridgehead atoms. The number of amides is 1. The second-order valence-electron chi connectivity index (χ2n) is 4.86. The number of rotatable bonds is 2. The van der Waals surface area contributed by atoms with Gasteiger partial charge in [-0.1, -0.05) is 25.1 Å². The lowest BCUT2D eigenvalue weighted by molar-refractivity contribution is 0.0914. The highest BCUT2D eigenvalue weighted by Gasteiger charge is 2.23. The molecule has 1 aliphatic rings. The molecule has 3 nitrogen and oxygen atoms in total. The minimum atomic E-state index is 0.0450. The van der Waals surface area contributed by atoms with E-state index in [0.717, 1.165) is 30.6 Å². The van der Waals surface area contributed by atoms with Crippen LogP contribution < -0.4 is 10.6 Å². The minimum absolute atomic E-state index is 0.0450. The van der Waals surface area contributed by atoms with Crippen LogP contribution in [0.3, 0.4) is 0 Å². The highest BCUT2D eigenvalue weighted by Crippen LogP contribution is 2.13. The SMILES string of the molecule is Cc1ccccc1C(=O)N[C@@H]1CNCC[C@H]1C. The zero-order valence-corrected chi connectivity index (χ0v) is 10.5. The number of nitrogens with one attached hydrogen (secondary N) is 2. The van der Waals surface area contributed by atoms with Gasteiger partial charge in [0, 0.05) is 18.2 Å². The second-order valence-corrected chi connectivity index (χ2v) is 4.86. The summed E-state index contributed by atoms with van der Waals surface area (Å²) < 4.78 is 0. The van der Waals surface area contributed by atoms with Crippen molar-refractivity contribution in [2.24, 2.45) is 5.92 Å². The van der Waals surface area contributed by atoms with E-state index < -0.39 is 0 Å². The smallest absolute Gasteiger partial charge is 0.251 e. The Labute approximate surface area is 103 Å². The molecule has 1 heterocycles. The van der Waals surface area contributed by atoms with Gasteiger partial charge in [0.15, 0.2) is 0 Å². The molecule has 1 aromatic carbocycles. The van der Waals surface area contributed by atoms with E-state index in [9.17, 15) is 4.79 Å². The van der Waals surface area contributed by atoms with E-state index in [4.69, 9.17) is 0 Å². The molecule has 0 aliphatic carbocycles. The summed E-state index contributed by atoms with van der Waals surface area (Å²) in [6.45, 7) is 6.10. The molecule has 2 atom stereocenters. The summed E-state index contributed by atoms with van der Waals surface area (Å²) in [4.78, 5) is 12.1. The lowest BCUT2D eigenvalue weighted by Crippen LogP contribution is -2.50. The average Bonchev–Trinajstić information content (AvgIpc) is 2.32. The van der Waals surface area contributed by atoms with Crippen LogP contribution >= 0.6 is 0 Å². The van der Waals surface area contributed by atoms with Gasteiger partial charge < -0.3 is 10.6 Å². The van der Waals surface area contributed by atoms with Crippen LogP contribution in [0.5, 0.6) is 0 Å². The topological polar surface area (TPSA) is 41.1 Å². The molecule has 0 spiro atoms. The van der Waals surface area contributed by atoms with Gasteiger partial charge in [0.05, 0.1) is 0 Å². The third kappa shape index (κ3) is 2.86. The molecular formula is C14H20N2O. The molecule has 1 saturated heterocycles. The van der Waals surface area contributed by atoms with Crippen molar-refractivity contribution in [3.63, 3.8) is 0 Å². The quantitative estimate of drug-likeness (QED) is 0.815. The summed E-state index contributed by atoms with van der Waals surface area (Å²) >= 11 is 0. The fraction of sp³-hybridized carbons (Fsp3) is 0.500. The molecule has 0 saturated carbocycles. The summed E-state index contributed by atoms with van der Waals surface area (Å²) in [6.07, 6.45) is 1.12. The van der Waals surface area contributed by atoms with Crippen LogP contribution in [0.15, 0.2) is 24.3 Å². The third-order valence-corrected chi connectivity index (χ3v) is 3.53. The molecule has 0 radical (unpaired) electrons. The van der Waals surface area contributed by atoms with Gasteiger partial charge in [-0.25, -0.2) is 0 Å². The molecule has 92 valence electrons. The predicted octanol–water partition coefficient (Wildman–Crippen LogP) is 1.72. The maximum atomic E-state index is 12.1. The Kier molecular flexibility index (Phi) is 3.79. The van der Waals surface area contributed by atoms with Crippen molar-refractivity contribution >= 4 is 5.91 Å². The Hall–Kier alpha value is -1.35. The van der Waals surface area contributed by atoms with Crippen LogP contribution in [0.25, 0.3) is 0 Å². The molecule has 1 amide bonds. The van der Waals surface area contributed by atoms with Gasteiger partial charge >= 0.3 is 0 Å². The van der Waals surface area contributed by atoms with Crippen molar-refractivity contribution in [3.8, 4) is 0 Å². The number of benzene rings is 1. The average molecular weight is 232 g/mol. The minimum Gasteiger partial charge on any atom is -0.348 e. The first kappa shape index (κ1) is 12.1. The molecule has 2 rings (SSSR count). The van der Waals surface area contributed by atoms with Crippen LogP contribution in [-0.2, 0) is 0 Å². The van der Waals surface area contributed by atoms with Crippen molar-refractivity contribution in [2.75, 3.05) is 13.1 Å². The summed E-state index contributed by atoms with van der Waals surface area (Å²) in [6, 6.07) is 7.96. The second kappa shape index (κ2) is 5.32. The Morgan fingerprint density at radius 3 is 2.88 bits per heavy atom. The number of hydrogen-bond donors (Lipinski definition) is 2. The molecule has 1 aromatic rings. The molecule has 0 unspecified atom stereocenters. The summed E-state index contributed by atoms with van der Waals surface area (Å²) in [5, 5.41) is 6.45. The number of piperidine rings is 1. The summed E-state index contributed by atoms with van der Waals surface area (Å²) in [7, 11) is 0. The van der Waals surface area contributed by atoms with E-state index in [1.807, 2.05) is 31.2 Å². The highest BCUT2D eigenvalue weighted by atomic mass is 16.1. The lowest BCUT2D eigenvalue weighted by atomic mass is 9.94. The standard InChI is InChI=1S/C14H20N2O/c1-10-5-3-4-6-12(10)14(17)16-13-9-15-8-7-11(13)2/h3-6,11,13,15H,7-9H2,1-2H3,(H,16,17)/t11-,13-/m1/s1. The zero-order chi connectivity index (χ0) is 12.3. The zero-order valence-electron chi connectivity index (χ0n) is 10.5. The van der Waals surface area contributed by atoms with Crippen molar-refractivity contribution in [3.05, 3.63) is 35.4 Å². The van der Waals surface area contributed by atoms with Crippen LogP contribution in [-0.4, -0.2) is 25.0 Å². The van der Waals surface area contributed by atoms with Gasteiger partial charge in [-0.15, -0.1) is 0 Å². The van der Waals surface area contributed by atoms with Gasteiger partial charge in [0.2, 0.25) is 0 Å². The summed E-state index contributed by atoms with van der Waals surface area (Å²) in [5.74, 6) is 0.591. The van der Waals surface area contributed by atoms with E-state index in [1.54, 1.807) is 0 Å². The lowest BCUT2D eigenvalue weighted by Gasteiger charge is -2.30. The molecule has 2 N–H and O–H groups in total. The van der Waals surface area contributed by atoms with E-state index in [2.05, 4.69) is 17.6 Å². The van der Waals surface area contributed by atoms with Crippen LogP contribution in [0.2, 0.25) is 0 Å². The van der Waals surface area contributed by atoms with Crippen LogP contribution in [0, 0.1) is 12.8 Å². The number of carbonyl (C=O) groups excluding carboxylic acids is 1. The van der Waals surface area contributed by atoms with Crippen molar-refractivity contribution in [1.29, 1.82) is 0 Å². The Bertz CT molecular complexity index is 403. The van der Waals surface area contributed by atoms with E-state index in [0.29, 0.717) is 5.92 Å². The van der Waals surface area contributed by atoms with Gasteiger partial charge in [-0.3, -0.25) is 4.79 Å². The predicted molar refractivity (Wildman–Crippen MR) is 69.1 cm³/mol. The van der Waals surface area contributed by atoms with Crippen molar-refractivity contribution in [2.45, 2.75) is 26.3 Å². The maximum Gasteiger partial charge on any atom is 0.251 e. The van der Waals surface area contributed by atoms with Gasteiger partial charge in [0.25, 0.3) is 5.91 Å².